The number of nitrogens with zero attached hydrogens (tertiary/aromatic N) is 2. The molecule has 0 fully saturated rings. The largest absolute Gasteiger partial charge is 0.495 e. The number of nitrogens with one attached hydrogen (secondary N) is 1. The molecule has 0 aliphatic carbocycles. The first kappa shape index (κ1) is 20.9. The summed E-state index contributed by atoms with van der Waals surface area (Å²) < 4.78 is 30.3. The van der Waals surface area contributed by atoms with Crippen LogP contribution in [0.3, 0.4) is 0 Å². The van der Waals surface area contributed by atoms with Gasteiger partial charge in [-0.3, -0.25) is 9.10 Å². The third kappa shape index (κ3) is 5.30. The molecule has 2 aromatic carbocycles. The molecule has 0 bridgehead atoms. The SMILES string of the molecule is COc1ccccc1N(CC(=O)N/N=C\c1ccccc1C(=O)O)S(C)(=O)=O. The fourth-order valence-electron chi connectivity index (χ4n) is 2.36. The monoisotopic (exact) mass is 405 g/mol. The summed E-state index contributed by atoms with van der Waals surface area (Å²) >= 11 is 0. The molecule has 0 saturated carbocycles. The average Bonchev–Trinajstić information content (AvgIpc) is 2.65. The van der Waals surface area contributed by atoms with Crippen molar-refractivity contribution in [2.24, 2.45) is 5.10 Å². The topological polar surface area (TPSA) is 125 Å². The molecule has 28 heavy (non-hydrogen) atoms. The van der Waals surface area contributed by atoms with Crippen LogP contribution in [0.25, 0.3) is 0 Å². The normalized spacial score (nSPS) is 11.2. The average molecular weight is 405 g/mol. The summed E-state index contributed by atoms with van der Waals surface area (Å²) in [7, 11) is -2.39. The molecule has 9 nitrogen and oxygen atoms in total. The third-order valence-corrected chi connectivity index (χ3v) is 4.75. The zero-order valence-electron chi connectivity index (χ0n) is 15.2. The highest BCUT2D eigenvalue weighted by atomic mass is 32.2. The predicted octanol–water partition coefficient (Wildman–Crippen LogP) is 1.31. The van der Waals surface area contributed by atoms with Gasteiger partial charge in [0.15, 0.2) is 0 Å². The Balaban J connectivity index is 2.16. The van der Waals surface area contributed by atoms with Gasteiger partial charge in [0, 0.05) is 5.56 Å². The van der Waals surface area contributed by atoms with Crippen molar-refractivity contribution in [2.75, 3.05) is 24.2 Å². The van der Waals surface area contributed by atoms with Gasteiger partial charge in [0.2, 0.25) is 10.0 Å². The van der Waals surface area contributed by atoms with Crippen LogP contribution in [0, 0.1) is 0 Å². The van der Waals surface area contributed by atoms with Crippen LogP contribution in [-0.4, -0.2) is 51.5 Å². The second-order valence-corrected chi connectivity index (χ2v) is 7.53. The number of anilines is 1. The quantitative estimate of drug-likeness (QED) is 0.504. The molecule has 0 atom stereocenters. The number of carbonyl (C=O) groups is 2. The minimum absolute atomic E-state index is 0.0206. The van der Waals surface area contributed by atoms with Crippen LogP contribution in [0.1, 0.15) is 15.9 Å². The number of hydrogen-bond acceptors (Lipinski definition) is 6. The van der Waals surface area contributed by atoms with E-state index in [2.05, 4.69) is 10.5 Å². The van der Waals surface area contributed by atoms with Gasteiger partial charge in [0.25, 0.3) is 5.91 Å². The van der Waals surface area contributed by atoms with E-state index in [1.54, 1.807) is 30.3 Å². The summed E-state index contributed by atoms with van der Waals surface area (Å²) in [6.07, 6.45) is 2.15. The Bertz CT molecular complexity index is 1000. The molecule has 0 aromatic heterocycles. The van der Waals surface area contributed by atoms with Crippen molar-refractivity contribution in [2.45, 2.75) is 0 Å². The van der Waals surface area contributed by atoms with E-state index >= 15 is 0 Å². The van der Waals surface area contributed by atoms with Gasteiger partial charge in [-0.1, -0.05) is 30.3 Å². The standard InChI is InChI=1S/C18H19N3O6S/c1-27-16-10-6-5-9-15(16)21(28(2,25)26)12-17(22)20-19-11-13-7-3-4-8-14(13)18(23)24/h3-11H,12H2,1-2H3,(H,20,22)(H,23,24)/b19-11-. The van der Waals surface area contributed by atoms with Crippen molar-refractivity contribution < 1.29 is 27.9 Å². The van der Waals surface area contributed by atoms with Gasteiger partial charge < -0.3 is 9.84 Å². The number of carbonyl (C=O) groups excluding carboxylic acids is 1. The first-order valence-electron chi connectivity index (χ1n) is 7.99. The summed E-state index contributed by atoms with van der Waals surface area (Å²) in [6, 6.07) is 12.5. The smallest absolute Gasteiger partial charge is 0.336 e. The van der Waals surface area contributed by atoms with Crippen molar-refractivity contribution >= 4 is 33.8 Å². The zero-order valence-corrected chi connectivity index (χ0v) is 16.0. The summed E-state index contributed by atoms with van der Waals surface area (Å²) in [4.78, 5) is 23.4. The molecule has 0 spiro atoms. The van der Waals surface area contributed by atoms with Crippen LogP contribution >= 0.6 is 0 Å². The first-order chi connectivity index (χ1) is 13.2. The van der Waals surface area contributed by atoms with Crippen molar-refractivity contribution in [1.82, 2.24) is 5.43 Å². The maximum absolute atomic E-state index is 12.2. The lowest BCUT2D eigenvalue weighted by atomic mass is 10.1. The zero-order chi connectivity index (χ0) is 20.7. The Morgan fingerprint density at radius 3 is 2.46 bits per heavy atom. The number of ether oxygens (including phenoxy) is 1. The van der Waals surface area contributed by atoms with Gasteiger partial charge >= 0.3 is 5.97 Å². The van der Waals surface area contributed by atoms with Gasteiger partial charge in [-0.15, -0.1) is 0 Å². The number of carboxylic acids is 1. The number of hydrazone groups is 1. The highest BCUT2D eigenvalue weighted by Gasteiger charge is 2.23. The molecule has 2 rings (SSSR count). The van der Waals surface area contributed by atoms with Gasteiger partial charge in [0.05, 0.1) is 30.8 Å². The van der Waals surface area contributed by atoms with Crippen molar-refractivity contribution in [1.29, 1.82) is 0 Å². The maximum atomic E-state index is 12.2. The summed E-state index contributed by atoms with van der Waals surface area (Å²) in [5, 5.41) is 12.8. The van der Waals surface area contributed by atoms with Crippen LogP contribution < -0.4 is 14.5 Å². The number of amides is 1. The Morgan fingerprint density at radius 2 is 1.82 bits per heavy atom. The Hall–Kier alpha value is -3.40. The van der Waals surface area contributed by atoms with Gasteiger partial charge in [0.1, 0.15) is 12.3 Å². The van der Waals surface area contributed by atoms with Crippen LogP contribution in [0.15, 0.2) is 53.6 Å². The molecule has 148 valence electrons. The van der Waals surface area contributed by atoms with E-state index in [0.717, 1.165) is 10.6 Å². The minimum Gasteiger partial charge on any atom is -0.495 e. The lowest BCUT2D eigenvalue weighted by molar-refractivity contribution is -0.119. The van der Waals surface area contributed by atoms with Crippen molar-refractivity contribution in [3.63, 3.8) is 0 Å². The lowest BCUT2D eigenvalue weighted by Crippen LogP contribution is -2.39. The van der Waals surface area contributed by atoms with Crippen LogP contribution in [-0.2, 0) is 14.8 Å². The van der Waals surface area contributed by atoms with Crippen LogP contribution in [0.5, 0.6) is 5.75 Å². The van der Waals surface area contributed by atoms with E-state index in [-0.39, 0.29) is 11.3 Å². The molecule has 2 aromatic rings. The lowest BCUT2D eigenvalue weighted by Gasteiger charge is -2.23. The molecule has 0 saturated heterocycles. The molecule has 0 heterocycles. The van der Waals surface area contributed by atoms with E-state index < -0.39 is 28.4 Å². The molecule has 0 unspecified atom stereocenters. The molecular weight excluding hydrogens is 386 g/mol. The Kier molecular flexibility index (Phi) is 6.72. The fourth-order valence-corrected chi connectivity index (χ4v) is 3.22. The summed E-state index contributed by atoms with van der Waals surface area (Å²) in [6.45, 7) is -0.531. The molecule has 0 aliphatic rings. The fraction of sp³-hybridized carbons (Fsp3) is 0.167. The molecule has 2 N–H and O–H groups in total. The Labute approximate surface area is 162 Å². The molecule has 10 heteroatoms. The molecule has 1 amide bonds. The second-order valence-electron chi connectivity index (χ2n) is 5.63. The number of rotatable bonds is 8. The van der Waals surface area contributed by atoms with E-state index in [9.17, 15) is 18.0 Å². The second kappa shape index (κ2) is 9.00. The summed E-state index contributed by atoms with van der Waals surface area (Å²) in [5.41, 5.74) is 2.72. The number of sulfonamides is 1. The third-order valence-electron chi connectivity index (χ3n) is 3.63. The molecule has 0 aliphatic heterocycles. The number of benzene rings is 2. The predicted molar refractivity (Wildman–Crippen MR) is 104 cm³/mol. The van der Waals surface area contributed by atoms with E-state index in [4.69, 9.17) is 9.84 Å². The van der Waals surface area contributed by atoms with Crippen LogP contribution in [0.2, 0.25) is 0 Å². The van der Waals surface area contributed by atoms with E-state index in [0.29, 0.717) is 11.3 Å². The number of hydrogen-bond donors (Lipinski definition) is 2. The van der Waals surface area contributed by atoms with Crippen LogP contribution in [0.4, 0.5) is 5.69 Å². The molecular formula is C18H19N3O6S. The minimum atomic E-state index is -3.78. The van der Waals surface area contributed by atoms with E-state index in [1.807, 2.05) is 0 Å². The van der Waals surface area contributed by atoms with Gasteiger partial charge in [-0.25, -0.2) is 18.6 Å². The Morgan fingerprint density at radius 1 is 1.18 bits per heavy atom. The maximum Gasteiger partial charge on any atom is 0.336 e. The highest BCUT2D eigenvalue weighted by Crippen LogP contribution is 2.29. The van der Waals surface area contributed by atoms with Gasteiger partial charge in [-0.05, 0) is 18.2 Å². The molecule has 0 radical (unpaired) electrons. The van der Waals surface area contributed by atoms with E-state index in [1.165, 1.54) is 31.5 Å². The highest BCUT2D eigenvalue weighted by molar-refractivity contribution is 7.92. The van der Waals surface area contributed by atoms with Crippen molar-refractivity contribution in [3.05, 3.63) is 59.7 Å². The van der Waals surface area contributed by atoms with Crippen molar-refractivity contribution in [3.8, 4) is 5.75 Å². The number of methoxy groups -OCH3 is 1. The number of para-hydroxylation sites is 2. The number of aromatic carboxylic acids is 1. The summed E-state index contributed by atoms with van der Waals surface area (Å²) in [5.74, 6) is -1.55. The first-order valence-corrected chi connectivity index (χ1v) is 9.84. The van der Waals surface area contributed by atoms with Gasteiger partial charge in [-0.2, -0.15) is 5.10 Å². The number of carboxylic acid groups (broad SMARTS) is 1.